The highest BCUT2D eigenvalue weighted by atomic mass is 16.2. The summed E-state index contributed by atoms with van der Waals surface area (Å²) >= 11 is 0. The fourth-order valence-electron chi connectivity index (χ4n) is 4.34. The number of pyridine rings is 2. The van der Waals surface area contributed by atoms with Crippen molar-refractivity contribution in [2.75, 3.05) is 24.7 Å². The van der Waals surface area contributed by atoms with Crippen molar-refractivity contribution in [1.82, 2.24) is 14.5 Å². The summed E-state index contributed by atoms with van der Waals surface area (Å²) in [5.41, 5.74) is 5.56. The molecule has 0 radical (unpaired) electrons. The molecule has 40 heavy (non-hydrogen) atoms. The summed E-state index contributed by atoms with van der Waals surface area (Å²) in [6.07, 6.45) is 3.24. The van der Waals surface area contributed by atoms with Crippen molar-refractivity contribution < 1.29 is 9.59 Å². The van der Waals surface area contributed by atoms with E-state index in [9.17, 15) is 14.4 Å². The van der Waals surface area contributed by atoms with Crippen molar-refractivity contribution >= 4 is 29.0 Å². The van der Waals surface area contributed by atoms with Crippen LogP contribution in [0.3, 0.4) is 0 Å². The van der Waals surface area contributed by atoms with Crippen molar-refractivity contribution in [3.05, 3.63) is 106 Å². The highest BCUT2D eigenvalue weighted by Crippen LogP contribution is 2.30. The zero-order valence-corrected chi connectivity index (χ0v) is 24.0. The molecule has 0 aliphatic rings. The van der Waals surface area contributed by atoms with E-state index in [4.69, 9.17) is 0 Å². The molecule has 0 spiro atoms. The third-order valence-electron chi connectivity index (χ3n) is 6.77. The molecule has 0 aliphatic carbocycles. The number of rotatable bonds is 6. The molecule has 2 amide bonds. The first-order chi connectivity index (χ1) is 18.8. The molecule has 0 unspecified atom stereocenters. The van der Waals surface area contributed by atoms with Gasteiger partial charge in [-0.2, -0.15) is 0 Å². The van der Waals surface area contributed by atoms with Crippen LogP contribution in [0.5, 0.6) is 0 Å². The maximum Gasteiger partial charge on any atom is 0.274 e. The van der Waals surface area contributed by atoms with Crippen molar-refractivity contribution in [2.45, 2.75) is 33.1 Å². The Bertz CT molecular complexity index is 1610. The Morgan fingerprint density at radius 3 is 2.20 bits per heavy atom. The lowest BCUT2D eigenvalue weighted by molar-refractivity contribution is 0.0827. The van der Waals surface area contributed by atoms with Crippen molar-refractivity contribution in [2.24, 2.45) is 7.05 Å². The average molecular weight is 538 g/mol. The lowest BCUT2D eigenvalue weighted by Crippen LogP contribution is -2.22. The Balaban J connectivity index is 1.60. The standard InChI is InChI=1S/C32H35N5O3/c1-20-25(9-8-10-26(20)35-29(38)21-11-14-24(15-12-21)32(2,3)4)23-17-27(31(40)37(7)19-23)34-28-16-13-22(18-33-28)30(39)36(5)6/h8-19H,1-7H3,(H,33,34)(H,35,38). The van der Waals surface area contributed by atoms with Crippen LogP contribution in [0.2, 0.25) is 0 Å². The second kappa shape index (κ2) is 11.2. The second-order valence-corrected chi connectivity index (χ2v) is 11.1. The third kappa shape index (κ3) is 6.12. The number of benzene rings is 2. The number of aromatic nitrogens is 2. The monoisotopic (exact) mass is 537 g/mol. The molecule has 0 saturated heterocycles. The van der Waals surface area contributed by atoms with Gasteiger partial charge >= 0.3 is 0 Å². The third-order valence-corrected chi connectivity index (χ3v) is 6.77. The minimum atomic E-state index is -0.222. The van der Waals surface area contributed by atoms with Gasteiger partial charge in [0.25, 0.3) is 17.4 Å². The molecule has 0 saturated carbocycles. The van der Waals surface area contributed by atoms with Gasteiger partial charge in [0.15, 0.2) is 0 Å². The number of hydrogen-bond donors (Lipinski definition) is 2. The predicted octanol–water partition coefficient (Wildman–Crippen LogP) is 5.75. The van der Waals surface area contributed by atoms with Crippen LogP contribution in [-0.4, -0.2) is 40.4 Å². The number of carbonyl (C=O) groups excluding carboxylic acids is 2. The van der Waals surface area contributed by atoms with Crippen LogP contribution < -0.4 is 16.2 Å². The summed E-state index contributed by atoms with van der Waals surface area (Å²) in [7, 11) is 5.04. The minimum absolute atomic E-state index is 0.00799. The van der Waals surface area contributed by atoms with E-state index >= 15 is 0 Å². The molecule has 2 heterocycles. The van der Waals surface area contributed by atoms with Gasteiger partial charge < -0.3 is 20.1 Å². The smallest absolute Gasteiger partial charge is 0.274 e. The molecule has 8 heteroatoms. The molecule has 0 bridgehead atoms. The Labute approximate surface area is 234 Å². The SMILES string of the molecule is Cc1c(NC(=O)c2ccc(C(C)(C)C)cc2)cccc1-c1cc(Nc2ccc(C(=O)N(C)C)cn2)c(=O)n(C)c1. The summed E-state index contributed by atoms with van der Waals surface area (Å²) in [5.74, 6) is 0.104. The van der Waals surface area contributed by atoms with Crippen molar-refractivity contribution in [3.63, 3.8) is 0 Å². The number of amides is 2. The van der Waals surface area contributed by atoms with Gasteiger partial charge in [0.1, 0.15) is 11.5 Å². The summed E-state index contributed by atoms with van der Waals surface area (Å²) < 4.78 is 1.50. The largest absolute Gasteiger partial charge is 0.345 e. The maximum atomic E-state index is 13.0. The van der Waals surface area contributed by atoms with E-state index in [0.717, 1.165) is 22.3 Å². The van der Waals surface area contributed by atoms with E-state index in [1.807, 2.05) is 49.4 Å². The fraction of sp³-hybridized carbons (Fsp3) is 0.250. The molecule has 4 rings (SSSR count). The fourth-order valence-corrected chi connectivity index (χ4v) is 4.34. The van der Waals surface area contributed by atoms with Crippen LogP contribution >= 0.6 is 0 Å². The normalized spacial score (nSPS) is 11.2. The molecule has 2 N–H and O–H groups in total. The zero-order chi connectivity index (χ0) is 29.2. The number of anilines is 3. The van der Waals surface area contributed by atoms with Gasteiger partial charge in [0, 0.05) is 50.4 Å². The number of carbonyl (C=O) groups is 2. The minimum Gasteiger partial charge on any atom is -0.345 e. The van der Waals surface area contributed by atoms with Crippen LogP contribution in [0.4, 0.5) is 17.2 Å². The highest BCUT2D eigenvalue weighted by Gasteiger charge is 2.16. The van der Waals surface area contributed by atoms with Crippen molar-refractivity contribution in [3.8, 4) is 11.1 Å². The number of nitrogens with zero attached hydrogens (tertiary/aromatic N) is 3. The quantitative estimate of drug-likeness (QED) is 0.326. The average Bonchev–Trinajstić information content (AvgIpc) is 2.92. The topological polar surface area (TPSA) is 96.3 Å². The molecular formula is C32H35N5O3. The maximum absolute atomic E-state index is 13.0. The summed E-state index contributed by atoms with van der Waals surface area (Å²) in [6.45, 7) is 8.35. The van der Waals surface area contributed by atoms with Gasteiger partial charge in [0.2, 0.25) is 0 Å². The second-order valence-electron chi connectivity index (χ2n) is 11.1. The van der Waals surface area contributed by atoms with Gasteiger partial charge in [-0.25, -0.2) is 4.98 Å². The Hall–Kier alpha value is -4.72. The molecule has 0 fully saturated rings. The predicted molar refractivity (Wildman–Crippen MR) is 160 cm³/mol. The van der Waals surface area contributed by atoms with Crippen LogP contribution in [-0.2, 0) is 12.5 Å². The number of aryl methyl sites for hydroxylation is 1. The summed E-state index contributed by atoms with van der Waals surface area (Å²) in [6, 6.07) is 18.4. The van der Waals surface area contributed by atoms with E-state index in [2.05, 4.69) is 36.4 Å². The lowest BCUT2D eigenvalue weighted by Gasteiger charge is -2.19. The van der Waals surface area contributed by atoms with Gasteiger partial charge in [-0.15, -0.1) is 0 Å². The van der Waals surface area contributed by atoms with Gasteiger partial charge in [-0.1, -0.05) is 45.0 Å². The van der Waals surface area contributed by atoms with Gasteiger partial charge in [0.05, 0.1) is 5.56 Å². The lowest BCUT2D eigenvalue weighted by atomic mass is 9.86. The first kappa shape index (κ1) is 28.3. The summed E-state index contributed by atoms with van der Waals surface area (Å²) in [4.78, 5) is 43.9. The zero-order valence-electron chi connectivity index (χ0n) is 24.0. The molecule has 2 aromatic carbocycles. The first-order valence-electron chi connectivity index (χ1n) is 13.0. The van der Waals surface area contributed by atoms with Crippen LogP contribution in [0.25, 0.3) is 11.1 Å². The van der Waals surface area contributed by atoms with Gasteiger partial charge in [-0.05, 0) is 65.4 Å². The van der Waals surface area contributed by atoms with E-state index in [1.165, 1.54) is 15.7 Å². The van der Waals surface area contributed by atoms with E-state index in [0.29, 0.717) is 28.3 Å². The molecular weight excluding hydrogens is 502 g/mol. The van der Waals surface area contributed by atoms with E-state index in [-0.39, 0.29) is 22.8 Å². The van der Waals surface area contributed by atoms with E-state index in [1.54, 1.807) is 45.5 Å². The number of hydrogen-bond acceptors (Lipinski definition) is 5. The highest BCUT2D eigenvalue weighted by molar-refractivity contribution is 6.05. The molecule has 2 aromatic heterocycles. The molecule has 206 valence electrons. The first-order valence-corrected chi connectivity index (χ1v) is 13.0. The molecule has 4 aromatic rings. The van der Waals surface area contributed by atoms with Crippen LogP contribution in [0.15, 0.2) is 77.9 Å². The van der Waals surface area contributed by atoms with E-state index < -0.39 is 0 Å². The Morgan fingerprint density at radius 2 is 1.60 bits per heavy atom. The van der Waals surface area contributed by atoms with Crippen LogP contribution in [0.1, 0.15) is 52.6 Å². The molecule has 0 aliphatic heterocycles. The van der Waals surface area contributed by atoms with Gasteiger partial charge in [-0.3, -0.25) is 14.4 Å². The summed E-state index contributed by atoms with van der Waals surface area (Å²) in [5, 5.41) is 6.12. The number of nitrogens with one attached hydrogen (secondary N) is 2. The Kier molecular flexibility index (Phi) is 7.91. The Morgan fingerprint density at radius 1 is 0.925 bits per heavy atom. The molecule has 0 atom stereocenters. The van der Waals surface area contributed by atoms with Crippen molar-refractivity contribution in [1.29, 1.82) is 0 Å². The molecule has 8 nitrogen and oxygen atoms in total. The van der Waals surface area contributed by atoms with Crippen LogP contribution in [0, 0.1) is 6.92 Å².